The number of esters is 1. The number of carbonyl (C=O) groups excluding carboxylic acids is 1. The van der Waals surface area contributed by atoms with Crippen molar-refractivity contribution in [3.63, 3.8) is 0 Å². The average Bonchev–Trinajstić information content (AvgIpc) is 3.38. The van der Waals surface area contributed by atoms with Crippen LogP contribution in [0.2, 0.25) is 0 Å². The Morgan fingerprint density at radius 3 is 2.96 bits per heavy atom. The van der Waals surface area contributed by atoms with Crippen LogP contribution in [0.3, 0.4) is 0 Å². The van der Waals surface area contributed by atoms with Gasteiger partial charge in [-0.1, -0.05) is 12.1 Å². The number of oxazole rings is 1. The molecule has 4 aromatic rings. The van der Waals surface area contributed by atoms with Gasteiger partial charge in [0.05, 0.1) is 12.1 Å². The van der Waals surface area contributed by atoms with Crippen LogP contribution in [-0.4, -0.2) is 22.1 Å². The van der Waals surface area contributed by atoms with E-state index in [4.69, 9.17) is 9.15 Å². The predicted molar refractivity (Wildman–Crippen MR) is 101 cm³/mol. The predicted octanol–water partition coefficient (Wildman–Crippen LogP) is 4.03. The number of hydrogen-bond donors (Lipinski definition) is 0. The van der Waals surface area contributed by atoms with E-state index < -0.39 is 11.7 Å². The van der Waals surface area contributed by atoms with Crippen LogP contribution < -0.4 is 5.76 Å². The van der Waals surface area contributed by atoms with Crippen molar-refractivity contribution >= 4 is 39.7 Å². The molecule has 0 amide bonds. The molecule has 132 valence electrons. The first-order valence-corrected chi connectivity index (χ1v) is 9.78. The number of nitrogens with zero attached hydrogens (tertiary/aromatic N) is 2. The summed E-state index contributed by atoms with van der Waals surface area (Å²) in [6.07, 6.45) is 0.511. The number of thiazole rings is 1. The Morgan fingerprint density at radius 2 is 2.12 bits per heavy atom. The van der Waals surface area contributed by atoms with Gasteiger partial charge >= 0.3 is 11.7 Å². The highest BCUT2D eigenvalue weighted by molar-refractivity contribution is 7.14. The van der Waals surface area contributed by atoms with Crippen molar-refractivity contribution in [3.8, 4) is 10.6 Å². The Kier molecular flexibility index (Phi) is 4.68. The van der Waals surface area contributed by atoms with Crippen molar-refractivity contribution in [2.24, 2.45) is 0 Å². The summed E-state index contributed by atoms with van der Waals surface area (Å²) in [7, 11) is 0. The molecule has 6 nitrogen and oxygen atoms in total. The Hall–Kier alpha value is -2.71. The molecule has 3 heterocycles. The zero-order valence-corrected chi connectivity index (χ0v) is 15.2. The minimum absolute atomic E-state index is 0.204. The van der Waals surface area contributed by atoms with E-state index in [0.29, 0.717) is 24.2 Å². The Bertz CT molecular complexity index is 1090. The molecule has 3 aromatic heterocycles. The smallest absolute Gasteiger partial charge is 0.419 e. The maximum atomic E-state index is 12.1. The lowest BCUT2D eigenvalue weighted by atomic mass is 10.3. The molecular weight excluding hydrogens is 372 g/mol. The lowest BCUT2D eigenvalue weighted by Gasteiger charge is -2.04. The summed E-state index contributed by atoms with van der Waals surface area (Å²) in [5, 5.41) is 6.45. The molecule has 0 bridgehead atoms. The molecule has 0 atom stereocenters. The first-order chi connectivity index (χ1) is 12.7. The van der Waals surface area contributed by atoms with E-state index in [1.165, 1.54) is 11.3 Å². The van der Waals surface area contributed by atoms with Crippen molar-refractivity contribution in [1.82, 2.24) is 9.55 Å². The summed E-state index contributed by atoms with van der Waals surface area (Å²) in [6.45, 7) is 0.621. The number of hydrogen-bond acceptors (Lipinski definition) is 7. The number of thiophene rings is 1. The van der Waals surface area contributed by atoms with Crippen LogP contribution in [0.4, 0.5) is 0 Å². The Labute approximate surface area is 156 Å². The van der Waals surface area contributed by atoms with Gasteiger partial charge in [-0.2, -0.15) is 11.3 Å². The zero-order valence-electron chi connectivity index (χ0n) is 13.6. The molecule has 0 aliphatic rings. The average molecular weight is 386 g/mol. The van der Waals surface area contributed by atoms with Gasteiger partial charge in [-0.3, -0.25) is 4.57 Å². The highest BCUT2D eigenvalue weighted by Gasteiger charge is 2.14. The molecule has 0 saturated heterocycles. The van der Waals surface area contributed by atoms with Crippen LogP contribution >= 0.6 is 22.7 Å². The number of rotatable bonds is 6. The quantitative estimate of drug-likeness (QED) is 0.369. The van der Waals surface area contributed by atoms with Gasteiger partial charge < -0.3 is 9.15 Å². The third-order valence-electron chi connectivity index (χ3n) is 3.81. The van der Waals surface area contributed by atoms with Crippen molar-refractivity contribution in [1.29, 1.82) is 0 Å². The summed E-state index contributed by atoms with van der Waals surface area (Å²) < 4.78 is 12.0. The maximum Gasteiger partial charge on any atom is 0.419 e. The van der Waals surface area contributed by atoms with Gasteiger partial charge in [0.1, 0.15) is 5.01 Å². The number of fused-ring (bicyclic) bond motifs is 1. The number of para-hydroxylation sites is 2. The third-order valence-corrected chi connectivity index (χ3v) is 5.39. The highest BCUT2D eigenvalue weighted by Crippen LogP contribution is 2.25. The zero-order chi connectivity index (χ0) is 17.9. The van der Waals surface area contributed by atoms with Crippen molar-refractivity contribution in [2.75, 3.05) is 6.61 Å². The molecular formula is C18H14N2O4S2. The van der Waals surface area contributed by atoms with Gasteiger partial charge in [0.15, 0.2) is 11.3 Å². The molecule has 0 aliphatic heterocycles. The summed E-state index contributed by atoms with van der Waals surface area (Å²) in [5.74, 6) is -0.857. The first-order valence-electron chi connectivity index (χ1n) is 7.96. The SMILES string of the molecule is O=C(OCCCn1c(=O)oc2ccccc21)c1csc(-c2ccsc2)n1. The molecule has 0 radical (unpaired) electrons. The molecule has 0 fully saturated rings. The van der Waals surface area contributed by atoms with Crippen LogP contribution in [0.25, 0.3) is 21.7 Å². The Morgan fingerprint density at radius 1 is 1.23 bits per heavy atom. The lowest BCUT2D eigenvalue weighted by Crippen LogP contribution is -2.16. The Balaban J connectivity index is 1.34. The molecule has 0 aliphatic carbocycles. The maximum absolute atomic E-state index is 12.1. The molecule has 0 N–H and O–H groups in total. The fraction of sp³-hybridized carbons (Fsp3) is 0.167. The molecule has 0 unspecified atom stereocenters. The molecule has 4 rings (SSSR count). The van der Waals surface area contributed by atoms with Crippen molar-refractivity contribution in [3.05, 3.63) is 62.7 Å². The number of benzene rings is 1. The molecule has 8 heteroatoms. The minimum atomic E-state index is -0.452. The van der Waals surface area contributed by atoms with Crippen molar-refractivity contribution < 1.29 is 13.9 Å². The summed E-state index contributed by atoms with van der Waals surface area (Å²) in [4.78, 5) is 28.3. The van der Waals surface area contributed by atoms with Gasteiger partial charge in [0.2, 0.25) is 0 Å². The van der Waals surface area contributed by atoms with Crippen LogP contribution in [0.1, 0.15) is 16.9 Å². The summed E-state index contributed by atoms with van der Waals surface area (Å²) >= 11 is 3.00. The topological polar surface area (TPSA) is 74.3 Å². The van der Waals surface area contributed by atoms with E-state index in [-0.39, 0.29) is 6.61 Å². The lowest BCUT2D eigenvalue weighted by molar-refractivity contribution is 0.0490. The van der Waals surface area contributed by atoms with Gasteiger partial charge in [-0.05, 0) is 30.0 Å². The first kappa shape index (κ1) is 16.7. The third kappa shape index (κ3) is 3.33. The second-order valence-corrected chi connectivity index (χ2v) is 7.16. The van der Waals surface area contributed by atoms with E-state index in [1.807, 2.05) is 35.0 Å². The van der Waals surface area contributed by atoms with Crippen LogP contribution in [0, 0.1) is 0 Å². The van der Waals surface area contributed by atoms with E-state index in [1.54, 1.807) is 27.4 Å². The largest absolute Gasteiger partial charge is 0.461 e. The summed E-state index contributed by atoms with van der Waals surface area (Å²) in [5.41, 5.74) is 2.61. The van der Waals surface area contributed by atoms with Gasteiger partial charge in [-0.15, -0.1) is 11.3 Å². The molecule has 0 saturated carbocycles. The minimum Gasteiger partial charge on any atom is -0.461 e. The highest BCUT2D eigenvalue weighted by atomic mass is 32.1. The summed E-state index contributed by atoms with van der Waals surface area (Å²) in [6, 6.07) is 9.20. The van der Waals surface area contributed by atoms with Crippen LogP contribution in [0.15, 0.2) is 55.7 Å². The number of aryl methyl sites for hydroxylation is 1. The second kappa shape index (κ2) is 7.27. The standard InChI is InChI=1S/C18H14N2O4S2/c21-17(13-11-26-16(19-13)12-6-9-25-10-12)23-8-3-7-20-14-4-1-2-5-15(14)24-18(20)22/h1-2,4-6,9-11H,3,7-8H2. The van der Waals surface area contributed by atoms with Crippen LogP contribution in [0.5, 0.6) is 0 Å². The van der Waals surface area contributed by atoms with Gasteiger partial charge in [0.25, 0.3) is 0 Å². The van der Waals surface area contributed by atoms with Gasteiger partial charge in [-0.25, -0.2) is 14.6 Å². The fourth-order valence-electron chi connectivity index (χ4n) is 2.57. The van der Waals surface area contributed by atoms with E-state index in [2.05, 4.69) is 4.98 Å². The molecule has 1 aromatic carbocycles. The monoisotopic (exact) mass is 386 g/mol. The fourth-order valence-corrected chi connectivity index (χ4v) is 4.07. The van der Waals surface area contributed by atoms with E-state index in [9.17, 15) is 9.59 Å². The van der Waals surface area contributed by atoms with Gasteiger partial charge in [0, 0.05) is 22.9 Å². The van der Waals surface area contributed by atoms with Crippen molar-refractivity contribution in [2.45, 2.75) is 13.0 Å². The van der Waals surface area contributed by atoms with Crippen LogP contribution in [-0.2, 0) is 11.3 Å². The normalized spacial score (nSPS) is 11.1. The molecule has 26 heavy (non-hydrogen) atoms. The number of ether oxygens (including phenoxy) is 1. The van der Waals surface area contributed by atoms with E-state index >= 15 is 0 Å². The number of carbonyl (C=O) groups is 1. The van der Waals surface area contributed by atoms with E-state index in [0.717, 1.165) is 16.1 Å². The number of aromatic nitrogens is 2. The second-order valence-electron chi connectivity index (χ2n) is 5.53. The molecule has 0 spiro atoms.